The molecule has 1 heterocycles. The highest BCUT2D eigenvalue weighted by atomic mass is 79.9. The van der Waals surface area contributed by atoms with Crippen LogP contribution in [0, 0.1) is 30.6 Å². The number of hydrogen-bond acceptors (Lipinski definition) is 3. The maximum Gasteiger partial charge on any atom is 0.244 e. The molecule has 4 rings (SSSR count). The van der Waals surface area contributed by atoms with Gasteiger partial charge in [-0.3, -0.25) is 19.3 Å². The van der Waals surface area contributed by atoms with Gasteiger partial charge in [-0.2, -0.15) is 0 Å². The topological polar surface area (TPSA) is 66.5 Å². The molecule has 5 nitrogen and oxygen atoms in total. The molecule has 1 aromatic rings. The van der Waals surface area contributed by atoms with Gasteiger partial charge in [0.1, 0.15) is 6.54 Å². The number of likely N-dealkylation sites (tertiary alicyclic amines) is 1. The van der Waals surface area contributed by atoms with Crippen LogP contribution in [0.2, 0.25) is 0 Å². The van der Waals surface area contributed by atoms with Crippen LogP contribution >= 0.6 is 15.9 Å². The van der Waals surface area contributed by atoms with Crippen LogP contribution in [0.3, 0.4) is 0 Å². The number of carbonyl (C=O) groups is 3. The average Bonchev–Trinajstić information content (AvgIpc) is 3.20. The highest BCUT2D eigenvalue weighted by Gasteiger charge is 2.59. The third kappa shape index (κ3) is 2.32. The first kappa shape index (κ1) is 15.6. The van der Waals surface area contributed by atoms with Gasteiger partial charge in [0.25, 0.3) is 0 Å². The molecular weight excluding hydrogens is 372 g/mol. The van der Waals surface area contributed by atoms with Crippen LogP contribution in [-0.2, 0) is 14.4 Å². The molecule has 2 fully saturated rings. The molecule has 1 N–H and O–H groups in total. The smallest absolute Gasteiger partial charge is 0.244 e. The van der Waals surface area contributed by atoms with Gasteiger partial charge >= 0.3 is 0 Å². The maximum absolute atomic E-state index is 12.6. The summed E-state index contributed by atoms with van der Waals surface area (Å²) in [6.07, 6.45) is 4.98. The standard InChI is InChI=1S/C18H17BrN2O3/c1-9-2-5-13(12(19)6-9)20-14(22)8-21-17(23)15-10-3-4-11(7-10)16(15)18(21)24/h2-6,10-11,15-16H,7-8H2,1H3,(H,20,22)/t10-,11-,15+,16+/m0/s1. The Balaban J connectivity index is 1.47. The Morgan fingerprint density at radius 3 is 2.42 bits per heavy atom. The van der Waals surface area contributed by atoms with Gasteiger partial charge < -0.3 is 5.32 Å². The number of benzene rings is 1. The third-order valence-corrected chi connectivity index (χ3v) is 5.92. The van der Waals surface area contributed by atoms with E-state index in [4.69, 9.17) is 0 Å². The van der Waals surface area contributed by atoms with Gasteiger partial charge in [0.2, 0.25) is 17.7 Å². The number of rotatable bonds is 3. The monoisotopic (exact) mass is 388 g/mol. The SMILES string of the molecule is Cc1ccc(NC(=O)CN2C(=O)[C@H]3[C@H](C2=O)[C@H]2C=C[C@H]3C2)c(Br)c1. The Morgan fingerprint density at radius 1 is 1.21 bits per heavy atom. The van der Waals surface area contributed by atoms with E-state index in [0.29, 0.717) is 5.69 Å². The molecule has 124 valence electrons. The number of nitrogens with zero attached hydrogens (tertiary/aromatic N) is 1. The lowest BCUT2D eigenvalue weighted by atomic mass is 9.85. The van der Waals surface area contributed by atoms with Gasteiger partial charge in [0.15, 0.2) is 0 Å². The van der Waals surface area contributed by atoms with Crippen LogP contribution in [0.5, 0.6) is 0 Å². The molecule has 24 heavy (non-hydrogen) atoms. The predicted octanol–water partition coefficient (Wildman–Crippen LogP) is 2.50. The van der Waals surface area contributed by atoms with Crippen molar-refractivity contribution < 1.29 is 14.4 Å². The third-order valence-electron chi connectivity index (χ3n) is 5.26. The Morgan fingerprint density at radius 2 is 1.83 bits per heavy atom. The summed E-state index contributed by atoms with van der Waals surface area (Å²) in [7, 11) is 0. The van der Waals surface area contributed by atoms with Crippen molar-refractivity contribution >= 4 is 39.3 Å². The van der Waals surface area contributed by atoms with E-state index in [1.165, 1.54) is 0 Å². The molecule has 0 aromatic heterocycles. The van der Waals surface area contributed by atoms with Gasteiger partial charge in [-0.25, -0.2) is 0 Å². The molecule has 1 aliphatic heterocycles. The summed E-state index contributed by atoms with van der Waals surface area (Å²) >= 11 is 3.41. The zero-order valence-corrected chi connectivity index (χ0v) is 14.7. The number of allylic oxidation sites excluding steroid dienone is 2. The molecule has 1 aromatic carbocycles. The molecule has 2 bridgehead atoms. The molecule has 3 aliphatic rings. The zero-order chi connectivity index (χ0) is 17.0. The normalized spacial score (nSPS) is 30.2. The number of halogens is 1. The van der Waals surface area contributed by atoms with Gasteiger partial charge in [-0.05, 0) is 58.8 Å². The lowest BCUT2D eigenvalue weighted by Crippen LogP contribution is -2.39. The van der Waals surface area contributed by atoms with E-state index >= 15 is 0 Å². The van der Waals surface area contributed by atoms with Crippen LogP contribution in [0.25, 0.3) is 0 Å². The summed E-state index contributed by atoms with van der Waals surface area (Å²) in [5.74, 6) is -0.939. The van der Waals surface area contributed by atoms with E-state index < -0.39 is 0 Å². The minimum atomic E-state index is -0.360. The highest BCUT2D eigenvalue weighted by Crippen LogP contribution is 2.52. The fourth-order valence-electron chi connectivity index (χ4n) is 4.17. The molecule has 4 atom stereocenters. The molecule has 0 unspecified atom stereocenters. The van der Waals surface area contributed by atoms with E-state index in [1.807, 2.05) is 31.2 Å². The number of imide groups is 1. The molecule has 6 heteroatoms. The van der Waals surface area contributed by atoms with Crippen molar-refractivity contribution in [2.45, 2.75) is 13.3 Å². The van der Waals surface area contributed by atoms with Crippen LogP contribution < -0.4 is 5.32 Å². The van der Waals surface area contributed by atoms with Crippen molar-refractivity contribution in [1.82, 2.24) is 4.90 Å². The largest absolute Gasteiger partial charge is 0.324 e. The Hall–Kier alpha value is -1.95. The van der Waals surface area contributed by atoms with Crippen LogP contribution in [0.1, 0.15) is 12.0 Å². The molecule has 0 radical (unpaired) electrons. The van der Waals surface area contributed by atoms with E-state index in [0.717, 1.165) is 21.4 Å². The lowest BCUT2D eigenvalue weighted by Gasteiger charge is -2.17. The fourth-order valence-corrected chi connectivity index (χ4v) is 4.77. The fraction of sp³-hybridized carbons (Fsp3) is 0.389. The van der Waals surface area contributed by atoms with Crippen molar-refractivity contribution in [2.24, 2.45) is 23.7 Å². The van der Waals surface area contributed by atoms with Gasteiger partial charge in [-0.1, -0.05) is 18.2 Å². The molecule has 1 saturated heterocycles. The first-order chi connectivity index (χ1) is 11.5. The number of aryl methyl sites for hydroxylation is 1. The summed E-state index contributed by atoms with van der Waals surface area (Å²) in [5.41, 5.74) is 1.70. The van der Waals surface area contributed by atoms with E-state index in [1.54, 1.807) is 6.07 Å². The quantitative estimate of drug-likeness (QED) is 0.638. The number of amides is 3. The zero-order valence-electron chi connectivity index (χ0n) is 13.2. The maximum atomic E-state index is 12.6. The summed E-state index contributed by atoms with van der Waals surface area (Å²) in [6, 6.07) is 5.58. The minimum Gasteiger partial charge on any atom is -0.324 e. The van der Waals surface area contributed by atoms with E-state index in [2.05, 4.69) is 21.2 Å². The van der Waals surface area contributed by atoms with Gasteiger partial charge in [0, 0.05) is 4.47 Å². The Kier molecular flexibility index (Phi) is 3.60. The van der Waals surface area contributed by atoms with Crippen LogP contribution in [0.4, 0.5) is 5.69 Å². The highest BCUT2D eigenvalue weighted by molar-refractivity contribution is 9.10. The van der Waals surface area contributed by atoms with Crippen molar-refractivity contribution in [2.75, 3.05) is 11.9 Å². The molecule has 1 saturated carbocycles. The van der Waals surface area contributed by atoms with Crippen LogP contribution in [-0.4, -0.2) is 29.2 Å². The van der Waals surface area contributed by atoms with E-state index in [9.17, 15) is 14.4 Å². The molecular formula is C18H17BrN2O3. The molecule has 0 spiro atoms. The summed E-state index contributed by atoms with van der Waals surface area (Å²) in [5, 5.41) is 2.76. The van der Waals surface area contributed by atoms with Gasteiger partial charge in [-0.15, -0.1) is 0 Å². The summed E-state index contributed by atoms with van der Waals surface area (Å²) < 4.78 is 0.772. The summed E-state index contributed by atoms with van der Waals surface area (Å²) in [4.78, 5) is 38.6. The predicted molar refractivity (Wildman–Crippen MR) is 91.9 cm³/mol. The van der Waals surface area contributed by atoms with E-state index in [-0.39, 0.29) is 47.9 Å². The minimum absolute atomic E-state index is 0.163. The van der Waals surface area contributed by atoms with Crippen molar-refractivity contribution in [1.29, 1.82) is 0 Å². The average molecular weight is 389 g/mol. The molecule has 2 aliphatic carbocycles. The van der Waals surface area contributed by atoms with Crippen molar-refractivity contribution in [3.05, 3.63) is 40.4 Å². The second kappa shape index (κ2) is 5.55. The number of hydrogen-bond donors (Lipinski definition) is 1. The van der Waals surface area contributed by atoms with Crippen molar-refractivity contribution in [3.8, 4) is 0 Å². The Labute approximate surface area is 148 Å². The second-order valence-corrected chi connectivity index (χ2v) is 7.65. The Bertz CT molecular complexity index is 758. The first-order valence-corrected chi connectivity index (χ1v) is 8.84. The number of nitrogens with one attached hydrogen (secondary N) is 1. The van der Waals surface area contributed by atoms with Crippen molar-refractivity contribution in [3.63, 3.8) is 0 Å². The second-order valence-electron chi connectivity index (χ2n) is 6.79. The summed E-state index contributed by atoms with van der Waals surface area (Å²) in [6.45, 7) is 1.74. The first-order valence-electron chi connectivity index (χ1n) is 8.05. The number of fused-ring (bicyclic) bond motifs is 5. The number of anilines is 1. The van der Waals surface area contributed by atoms with Gasteiger partial charge in [0.05, 0.1) is 17.5 Å². The molecule has 3 amide bonds. The lowest BCUT2D eigenvalue weighted by molar-refractivity contribution is -0.143. The number of carbonyl (C=O) groups excluding carboxylic acids is 3. The van der Waals surface area contributed by atoms with Crippen LogP contribution in [0.15, 0.2) is 34.8 Å².